The van der Waals surface area contributed by atoms with Crippen LogP contribution in [0.5, 0.6) is 11.5 Å². The number of hydrogen-bond acceptors (Lipinski definition) is 5. The van der Waals surface area contributed by atoms with E-state index in [4.69, 9.17) is 9.47 Å². The third-order valence-electron chi connectivity index (χ3n) is 6.30. The quantitative estimate of drug-likeness (QED) is 0.345. The van der Waals surface area contributed by atoms with E-state index in [9.17, 15) is 18.4 Å². The Morgan fingerprint density at radius 3 is 2.34 bits per heavy atom. The maximum atomic E-state index is 13.8. The molecule has 0 aliphatic heterocycles. The molecule has 1 N–H and O–H groups in total. The molecule has 0 unspecified atom stereocenters. The van der Waals surface area contributed by atoms with E-state index >= 15 is 0 Å². The number of carbonyl (C=O) groups is 1. The first-order valence-corrected chi connectivity index (χ1v) is 12.1. The summed E-state index contributed by atoms with van der Waals surface area (Å²) < 4.78 is 42.4. The van der Waals surface area contributed by atoms with Gasteiger partial charge in [-0.1, -0.05) is 26.0 Å². The minimum atomic E-state index is -3.54. The van der Waals surface area contributed by atoms with Crippen LogP contribution in [-0.2, 0) is 11.8 Å². The molecular weight excluding hydrogens is 494 g/mol. The number of nitrogens with one attached hydrogen (secondary N) is 1. The first-order chi connectivity index (χ1) is 18.0. The van der Waals surface area contributed by atoms with Crippen molar-refractivity contribution in [1.82, 2.24) is 19.7 Å². The summed E-state index contributed by atoms with van der Waals surface area (Å²) in [6.07, 6.45) is 2.59. The summed E-state index contributed by atoms with van der Waals surface area (Å²) in [6.45, 7) is 4.23. The van der Waals surface area contributed by atoms with Gasteiger partial charge in [0.05, 0.1) is 30.6 Å². The topological polar surface area (TPSA) is 87.4 Å². The highest BCUT2D eigenvalue weighted by atomic mass is 19.3. The van der Waals surface area contributed by atoms with Gasteiger partial charge in [0.15, 0.2) is 0 Å². The summed E-state index contributed by atoms with van der Waals surface area (Å²) in [7, 11) is 3.22. The second-order valence-corrected chi connectivity index (χ2v) is 9.56. The van der Waals surface area contributed by atoms with E-state index < -0.39 is 24.0 Å². The molecule has 2 aromatic carbocycles. The van der Waals surface area contributed by atoms with Crippen LogP contribution in [0.3, 0.4) is 0 Å². The van der Waals surface area contributed by atoms with Crippen LogP contribution < -0.4 is 20.3 Å². The lowest BCUT2D eigenvalue weighted by Gasteiger charge is -2.32. The first kappa shape index (κ1) is 26.8. The van der Waals surface area contributed by atoms with Gasteiger partial charge < -0.3 is 19.4 Å². The third-order valence-corrected chi connectivity index (χ3v) is 6.30. The molecule has 0 saturated carbocycles. The smallest absolute Gasteiger partial charge is 0.321 e. The Labute approximate surface area is 218 Å². The number of ether oxygens (including phenoxy) is 2. The minimum Gasteiger partial charge on any atom is -0.497 e. The minimum absolute atomic E-state index is 0.127. The van der Waals surface area contributed by atoms with Gasteiger partial charge in [-0.3, -0.25) is 9.59 Å². The van der Waals surface area contributed by atoms with Crippen molar-refractivity contribution >= 4 is 16.8 Å². The van der Waals surface area contributed by atoms with Crippen LogP contribution in [-0.4, -0.2) is 39.3 Å². The summed E-state index contributed by atoms with van der Waals surface area (Å²) in [6, 6.07) is 14.9. The molecule has 2 heterocycles. The van der Waals surface area contributed by atoms with Crippen LogP contribution in [0.2, 0.25) is 0 Å². The van der Waals surface area contributed by atoms with Gasteiger partial charge in [0.1, 0.15) is 17.6 Å². The maximum absolute atomic E-state index is 13.8. The second kappa shape index (κ2) is 10.6. The van der Waals surface area contributed by atoms with E-state index in [2.05, 4.69) is 10.4 Å². The van der Waals surface area contributed by atoms with E-state index in [1.54, 1.807) is 73.7 Å². The largest absolute Gasteiger partial charge is 0.497 e. The average molecular weight is 525 g/mol. The Morgan fingerprint density at radius 1 is 1.05 bits per heavy atom. The highest BCUT2D eigenvalue weighted by Gasteiger charge is 2.38. The van der Waals surface area contributed by atoms with Crippen LogP contribution in [0.25, 0.3) is 16.6 Å². The van der Waals surface area contributed by atoms with Crippen molar-refractivity contribution in [3.8, 4) is 17.2 Å². The van der Waals surface area contributed by atoms with E-state index in [0.717, 1.165) is 16.6 Å². The van der Waals surface area contributed by atoms with Crippen molar-refractivity contribution in [3.05, 3.63) is 82.9 Å². The van der Waals surface area contributed by atoms with Crippen molar-refractivity contribution in [1.29, 1.82) is 0 Å². The zero-order valence-corrected chi connectivity index (χ0v) is 21.8. The van der Waals surface area contributed by atoms with Gasteiger partial charge in [0.25, 0.3) is 5.91 Å². The van der Waals surface area contributed by atoms with Crippen molar-refractivity contribution in [3.63, 3.8) is 0 Å². The molecular formula is C28H30F2N4O4. The number of methoxy groups -OCH3 is 1. The van der Waals surface area contributed by atoms with Crippen LogP contribution in [0.15, 0.2) is 71.8 Å². The zero-order valence-electron chi connectivity index (χ0n) is 21.8. The summed E-state index contributed by atoms with van der Waals surface area (Å²) in [5.74, 6) is -4.03. The molecule has 2 atom stereocenters. The van der Waals surface area contributed by atoms with Crippen molar-refractivity contribution in [2.75, 3.05) is 7.11 Å². The first-order valence-electron chi connectivity index (χ1n) is 12.1. The standard InChI is InChI=1S/C28H30F2N4O4/c1-17(2)25(32-27(36)28(3,29)30)26(18-6-9-21(37-5)10-7-18)38-22-11-12-23-19(14-22)15-31-34(23)20-8-13-24(35)33(4)16-20/h6-17,25-26H,1-5H3,(H,32,36)/t25-,26+/m0/s1. The number of aryl methyl sites for hydroxylation is 1. The summed E-state index contributed by atoms with van der Waals surface area (Å²) >= 11 is 0. The van der Waals surface area contributed by atoms with Crippen molar-refractivity contribution < 1.29 is 23.0 Å². The average Bonchev–Trinajstić information content (AvgIpc) is 3.30. The van der Waals surface area contributed by atoms with E-state index in [-0.39, 0.29) is 11.5 Å². The Morgan fingerprint density at radius 2 is 1.74 bits per heavy atom. The molecule has 10 heteroatoms. The summed E-state index contributed by atoms with van der Waals surface area (Å²) in [4.78, 5) is 24.0. The molecule has 1 amide bonds. The lowest BCUT2D eigenvalue weighted by atomic mass is 9.92. The molecule has 4 aromatic rings. The third kappa shape index (κ3) is 5.69. The normalized spacial score (nSPS) is 13.4. The van der Waals surface area contributed by atoms with Crippen LogP contribution >= 0.6 is 0 Å². The lowest BCUT2D eigenvalue weighted by molar-refractivity contribution is -0.145. The number of fused-ring (bicyclic) bond motifs is 1. The van der Waals surface area contributed by atoms with Crippen LogP contribution in [0.4, 0.5) is 8.78 Å². The predicted octanol–water partition coefficient (Wildman–Crippen LogP) is 4.65. The Hall–Kier alpha value is -4.21. The number of hydrogen-bond donors (Lipinski definition) is 1. The number of amides is 1. The van der Waals surface area contributed by atoms with Crippen molar-refractivity contribution in [2.24, 2.45) is 13.0 Å². The number of aromatic nitrogens is 3. The molecule has 4 rings (SSSR count). The predicted molar refractivity (Wildman–Crippen MR) is 140 cm³/mol. The van der Waals surface area contributed by atoms with Gasteiger partial charge >= 0.3 is 5.92 Å². The number of nitrogens with zero attached hydrogens (tertiary/aromatic N) is 3. The zero-order chi connectivity index (χ0) is 27.6. The number of carbonyl (C=O) groups excluding carboxylic acids is 1. The van der Waals surface area contributed by atoms with E-state index in [1.807, 2.05) is 19.9 Å². The number of benzene rings is 2. The fourth-order valence-electron chi connectivity index (χ4n) is 4.15. The monoisotopic (exact) mass is 524 g/mol. The molecule has 0 bridgehead atoms. The molecule has 38 heavy (non-hydrogen) atoms. The van der Waals surface area contributed by atoms with Gasteiger partial charge in [0, 0.05) is 31.6 Å². The fraction of sp³-hybridized carbons (Fsp3) is 0.321. The number of rotatable bonds is 9. The molecule has 0 saturated heterocycles. The molecule has 0 spiro atoms. The van der Waals surface area contributed by atoms with Crippen LogP contribution in [0, 0.1) is 5.92 Å². The Bertz CT molecular complexity index is 1490. The molecule has 2 aromatic heterocycles. The lowest BCUT2D eigenvalue weighted by Crippen LogP contribution is -2.49. The van der Waals surface area contributed by atoms with Gasteiger partial charge in [0.2, 0.25) is 5.56 Å². The molecule has 0 radical (unpaired) electrons. The van der Waals surface area contributed by atoms with Crippen LogP contribution in [0.1, 0.15) is 32.4 Å². The molecule has 8 nitrogen and oxygen atoms in total. The fourth-order valence-corrected chi connectivity index (χ4v) is 4.15. The number of alkyl halides is 2. The molecule has 200 valence electrons. The van der Waals surface area contributed by atoms with Gasteiger partial charge in [-0.05, 0) is 47.9 Å². The number of pyridine rings is 1. The molecule has 0 fully saturated rings. The van der Waals surface area contributed by atoms with E-state index in [1.165, 1.54) is 10.6 Å². The van der Waals surface area contributed by atoms with E-state index in [0.29, 0.717) is 24.0 Å². The van der Waals surface area contributed by atoms with Crippen molar-refractivity contribution in [2.45, 2.75) is 38.8 Å². The number of halogens is 2. The SMILES string of the molecule is COc1ccc([C@@H](Oc2ccc3c(cnn3-c3ccc(=O)n(C)c3)c2)[C@@H](NC(=O)C(C)(F)F)C(C)C)cc1. The Kier molecular flexibility index (Phi) is 7.52. The second-order valence-electron chi connectivity index (χ2n) is 9.56. The summed E-state index contributed by atoms with van der Waals surface area (Å²) in [5.41, 5.74) is 2.06. The Balaban J connectivity index is 1.71. The maximum Gasteiger partial charge on any atom is 0.321 e. The van der Waals surface area contributed by atoms with Gasteiger partial charge in [-0.25, -0.2) is 4.68 Å². The highest BCUT2D eigenvalue weighted by Crippen LogP contribution is 2.32. The van der Waals surface area contributed by atoms with Gasteiger partial charge in [-0.2, -0.15) is 13.9 Å². The highest BCUT2D eigenvalue weighted by molar-refractivity contribution is 5.83. The molecule has 0 aliphatic rings. The summed E-state index contributed by atoms with van der Waals surface area (Å²) in [5, 5.41) is 7.72. The van der Waals surface area contributed by atoms with Gasteiger partial charge in [-0.15, -0.1) is 0 Å². The molecule has 0 aliphatic carbocycles.